The highest BCUT2D eigenvalue weighted by Gasteiger charge is 2.18. The molecule has 0 bridgehead atoms. The molecule has 0 atom stereocenters. The Bertz CT molecular complexity index is 458. The van der Waals surface area contributed by atoms with Crippen LogP contribution in [0, 0.1) is 0 Å². The van der Waals surface area contributed by atoms with Crippen molar-refractivity contribution in [3.05, 3.63) is 29.8 Å². The Morgan fingerprint density at radius 2 is 1.67 bits per heavy atom. The Balaban J connectivity index is 2.88. The summed E-state index contributed by atoms with van der Waals surface area (Å²) in [5.41, 5.74) is 0.635. The van der Waals surface area contributed by atoms with Crippen molar-refractivity contribution in [3.8, 4) is 5.75 Å². The zero-order valence-electron chi connectivity index (χ0n) is 12.3. The van der Waals surface area contributed by atoms with Gasteiger partial charge in [-0.2, -0.15) is 0 Å². The minimum absolute atomic E-state index is 0.232. The molecule has 0 fully saturated rings. The molecule has 0 saturated heterocycles. The molecule has 7 heteroatoms. The van der Waals surface area contributed by atoms with Crippen LogP contribution in [0.3, 0.4) is 0 Å². The molecule has 21 heavy (non-hydrogen) atoms. The maximum absolute atomic E-state index is 11.6. The quantitative estimate of drug-likeness (QED) is 0.786. The van der Waals surface area contributed by atoms with Crippen LogP contribution in [0.15, 0.2) is 24.3 Å². The minimum atomic E-state index is -0.779. The molecule has 2 N–H and O–H groups in total. The zero-order valence-corrected chi connectivity index (χ0v) is 12.3. The van der Waals surface area contributed by atoms with Gasteiger partial charge in [-0.3, -0.25) is 10.6 Å². The number of rotatable bonds is 6. The molecule has 0 saturated carbocycles. The summed E-state index contributed by atoms with van der Waals surface area (Å²) >= 11 is 0. The van der Waals surface area contributed by atoms with Crippen molar-refractivity contribution in [2.75, 3.05) is 20.3 Å². The van der Waals surface area contributed by atoms with Crippen LogP contribution in [0.2, 0.25) is 0 Å². The summed E-state index contributed by atoms with van der Waals surface area (Å²) in [6.45, 7) is 3.85. The van der Waals surface area contributed by atoms with Crippen molar-refractivity contribution in [2.24, 2.45) is 0 Å². The molecule has 0 spiro atoms. The van der Waals surface area contributed by atoms with Gasteiger partial charge in [-0.15, -0.1) is 0 Å². The Labute approximate surface area is 123 Å². The van der Waals surface area contributed by atoms with Crippen LogP contribution >= 0.6 is 0 Å². The number of hydrogen-bond donors (Lipinski definition) is 2. The first-order valence-corrected chi connectivity index (χ1v) is 6.61. The third kappa shape index (κ3) is 5.60. The maximum atomic E-state index is 11.6. The van der Waals surface area contributed by atoms with Gasteiger partial charge in [0.2, 0.25) is 0 Å². The van der Waals surface area contributed by atoms with E-state index >= 15 is 0 Å². The fourth-order valence-electron chi connectivity index (χ4n) is 1.61. The van der Waals surface area contributed by atoms with Gasteiger partial charge in [-0.1, -0.05) is 12.1 Å². The van der Waals surface area contributed by atoms with Gasteiger partial charge in [0.1, 0.15) is 11.9 Å². The summed E-state index contributed by atoms with van der Waals surface area (Å²) in [4.78, 5) is 23.1. The predicted octanol–water partition coefficient (Wildman–Crippen LogP) is 2.19. The SMILES string of the molecule is CCOC(=O)NC(NC(=O)OCC)c1cccc(OC)c1. The molecule has 0 unspecified atom stereocenters. The molecule has 0 aromatic heterocycles. The van der Waals surface area contributed by atoms with Crippen LogP contribution < -0.4 is 15.4 Å². The molecule has 0 aliphatic carbocycles. The van der Waals surface area contributed by atoms with Gasteiger partial charge in [0.05, 0.1) is 20.3 Å². The number of carbonyl (C=O) groups excluding carboxylic acids is 2. The van der Waals surface area contributed by atoms with Crippen molar-refractivity contribution in [1.29, 1.82) is 0 Å². The molecule has 7 nitrogen and oxygen atoms in total. The average molecular weight is 296 g/mol. The zero-order chi connectivity index (χ0) is 15.7. The first-order chi connectivity index (χ1) is 10.1. The normalized spacial score (nSPS) is 9.90. The lowest BCUT2D eigenvalue weighted by atomic mass is 10.1. The second-order valence-corrected chi connectivity index (χ2v) is 3.94. The maximum Gasteiger partial charge on any atom is 0.409 e. The second-order valence-electron chi connectivity index (χ2n) is 3.94. The van der Waals surface area contributed by atoms with Crippen LogP contribution in [0.5, 0.6) is 5.75 Å². The van der Waals surface area contributed by atoms with Crippen molar-refractivity contribution >= 4 is 12.2 Å². The van der Waals surface area contributed by atoms with Crippen LogP contribution in [0.4, 0.5) is 9.59 Å². The highest BCUT2D eigenvalue weighted by atomic mass is 16.6. The van der Waals surface area contributed by atoms with E-state index in [-0.39, 0.29) is 13.2 Å². The molecule has 0 aliphatic heterocycles. The largest absolute Gasteiger partial charge is 0.497 e. The first-order valence-electron chi connectivity index (χ1n) is 6.61. The summed E-state index contributed by atoms with van der Waals surface area (Å²) in [5.74, 6) is 0.605. The van der Waals surface area contributed by atoms with E-state index in [4.69, 9.17) is 14.2 Å². The Hall–Kier alpha value is -2.44. The fraction of sp³-hybridized carbons (Fsp3) is 0.429. The summed E-state index contributed by atoms with van der Waals surface area (Å²) < 4.78 is 14.8. The third-order valence-electron chi connectivity index (χ3n) is 2.50. The van der Waals surface area contributed by atoms with E-state index < -0.39 is 18.4 Å². The number of alkyl carbamates (subject to hydrolysis) is 2. The topological polar surface area (TPSA) is 85.9 Å². The molecular weight excluding hydrogens is 276 g/mol. The highest BCUT2D eigenvalue weighted by molar-refractivity contribution is 5.71. The summed E-state index contributed by atoms with van der Waals surface area (Å²) in [7, 11) is 1.53. The lowest BCUT2D eigenvalue weighted by Gasteiger charge is -2.20. The van der Waals surface area contributed by atoms with Gasteiger partial charge >= 0.3 is 12.2 Å². The number of methoxy groups -OCH3 is 1. The number of ether oxygens (including phenoxy) is 3. The van der Waals surface area contributed by atoms with E-state index in [1.807, 2.05) is 0 Å². The predicted molar refractivity (Wildman–Crippen MR) is 76.1 cm³/mol. The van der Waals surface area contributed by atoms with Crippen LogP contribution in [-0.4, -0.2) is 32.5 Å². The summed E-state index contributed by atoms with van der Waals surface area (Å²) in [6, 6.07) is 6.95. The third-order valence-corrected chi connectivity index (χ3v) is 2.50. The van der Waals surface area contributed by atoms with Crippen LogP contribution in [-0.2, 0) is 9.47 Å². The van der Waals surface area contributed by atoms with Gasteiger partial charge < -0.3 is 14.2 Å². The molecule has 0 aliphatic rings. The summed E-state index contributed by atoms with van der Waals surface area (Å²) in [5, 5.41) is 5.09. The van der Waals surface area contributed by atoms with E-state index in [0.717, 1.165) is 0 Å². The molecule has 0 radical (unpaired) electrons. The van der Waals surface area contributed by atoms with Crippen LogP contribution in [0.25, 0.3) is 0 Å². The summed E-state index contributed by atoms with van der Waals surface area (Å²) in [6.07, 6.45) is -2.05. The monoisotopic (exact) mass is 296 g/mol. The number of benzene rings is 1. The number of amides is 2. The number of hydrogen-bond acceptors (Lipinski definition) is 5. The molecule has 116 valence electrons. The van der Waals surface area contributed by atoms with Crippen molar-refractivity contribution in [2.45, 2.75) is 20.0 Å². The second kappa shape index (κ2) is 8.68. The van der Waals surface area contributed by atoms with Crippen molar-refractivity contribution in [1.82, 2.24) is 10.6 Å². The highest BCUT2D eigenvalue weighted by Crippen LogP contribution is 2.18. The van der Waals surface area contributed by atoms with Gasteiger partial charge in [0.15, 0.2) is 0 Å². The molecule has 1 rings (SSSR count). The van der Waals surface area contributed by atoms with Gasteiger partial charge in [0, 0.05) is 0 Å². The van der Waals surface area contributed by atoms with E-state index in [9.17, 15) is 9.59 Å². The van der Waals surface area contributed by atoms with Crippen molar-refractivity contribution < 1.29 is 23.8 Å². The lowest BCUT2D eigenvalue weighted by Crippen LogP contribution is -2.41. The molecule has 2 amide bonds. The van der Waals surface area contributed by atoms with Crippen LogP contribution in [0.1, 0.15) is 25.6 Å². The average Bonchev–Trinajstić information content (AvgIpc) is 2.47. The minimum Gasteiger partial charge on any atom is -0.497 e. The smallest absolute Gasteiger partial charge is 0.409 e. The number of carbonyl (C=O) groups is 2. The Kier molecular flexibility index (Phi) is 6.86. The standard InChI is InChI=1S/C14H20N2O5/c1-4-20-13(17)15-12(16-14(18)21-5-2)10-7-6-8-11(9-10)19-3/h6-9,12H,4-5H2,1-3H3,(H,15,17)(H,16,18). The van der Waals surface area contributed by atoms with E-state index in [2.05, 4.69) is 10.6 Å². The molecular formula is C14H20N2O5. The van der Waals surface area contributed by atoms with E-state index in [1.165, 1.54) is 7.11 Å². The molecule has 1 aromatic carbocycles. The molecule has 1 aromatic rings. The van der Waals surface area contributed by atoms with Gasteiger partial charge in [-0.05, 0) is 31.5 Å². The fourth-order valence-corrected chi connectivity index (χ4v) is 1.61. The van der Waals surface area contributed by atoms with Gasteiger partial charge in [-0.25, -0.2) is 9.59 Å². The molecule has 0 heterocycles. The number of nitrogens with one attached hydrogen (secondary N) is 2. The lowest BCUT2D eigenvalue weighted by molar-refractivity contribution is 0.135. The Morgan fingerprint density at radius 1 is 1.10 bits per heavy atom. The first kappa shape index (κ1) is 16.6. The van der Waals surface area contributed by atoms with E-state index in [1.54, 1.807) is 38.1 Å². The van der Waals surface area contributed by atoms with Gasteiger partial charge in [0.25, 0.3) is 0 Å². The van der Waals surface area contributed by atoms with Crippen molar-refractivity contribution in [3.63, 3.8) is 0 Å². The van der Waals surface area contributed by atoms with E-state index in [0.29, 0.717) is 11.3 Å². The Morgan fingerprint density at radius 3 is 2.14 bits per heavy atom.